The molecule has 1 aliphatic rings. The van der Waals surface area contributed by atoms with Gasteiger partial charge in [-0.1, -0.05) is 0 Å². The standard InChI is InChI=1S/C13H24N4/c1-13(2,17-10-8-14-9-11-17)5-7-16-12-4-3-6-15-12/h3-4,6,14-16H,5,7-11H2,1-2H3. The average Bonchev–Trinajstić information content (AvgIpc) is 2.83. The van der Waals surface area contributed by atoms with Crippen LogP contribution in [0, 0.1) is 0 Å². The van der Waals surface area contributed by atoms with Crippen molar-refractivity contribution < 1.29 is 0 Å². The molecular weight excluding hydrogens is 212 g/mol. The quantitative estimate of drug-likeness (QED) is 0.726. The fourth-order valence-electron chi connectivity index (χ4n) is 2.37. The maximum atomic E-state index is 3.42. The van der Waals surface area contributed by atoms with Crippen LogP contribution in [-0.2, 0) is 0 Å². The van der Waals surface area contributed by atoms with Crippen LogP contribution in [0.25, 0.3) is 0 Å². The number of aromatic amines is 1. The maximum absolute atomic E-state index is 3.42. The Morgan fingerprint density at radius 3 is 2.76 bits per heavy atom. The predicted octanol–water partition coefficient (Wildman–Crippen LogP) is 1.50. The van der Waals surface area contributed by atoms with E-state index in [4.69, 9.17) is 0 Å². The van der Waals surface area contributed by atoms with E-state index in [1.165, 1.54) is 0 Å². The van der Waals surface area contributed by atoms with Gasteiger partial charge in [-0.05, 0) is 32.4 Å². The van der Waals surface area contributed by atoms with Crippen LogP contribution in [0.1, 0.15) is 20.3 Å². The Kier molecular flexibility index (Phi) is 4.07. The molecule has 0 aliphatic carbocycles. The molecule has 1 fully saturated rings. The maximum Gasteiger partial charge on any atom is 0.103 e. The third-order valence-corrected chi connectivity index (χ3v) is 3.62. The van der Waals surface area contributed by atoms with E-state index in [2.05, 4.69) is 40.4 Å². The van der Waals surface area contributed by atoms with Gasteiger partial charge < -0.3 is 15.6 Å². The van der Waals surface area contributed by atoms with Crippen molar-refractivity contribution in [3.05, 3.63) is 18.3 Å². The minimum Gasteiger partial charge on any atom is -0.372 e. The van der Waals surface area contributed by atoms with Crippen molar-refractivity contribution in [3.63, 3.8) is 0 Å². The van der Waals surface area contributed by atoms with E-state index < -0.39 is 0 Å². The SMILES string of the molecule is CC(C)(CCNc1ccc[nH]1)N1CCNCC1. The first kappa shape index (κ1) is 12.5. The van der Waals surface area contributed by atoms with Crippen molar-refractivity contribution in [2.45, 2.75) is 25.8 Å². The smallest absolute Gasteiger partial charge is 0.103 e. The van der Waals surface area contributed by atoms with Crippen molar-refractivity contribution in [2.75, 3.05) is 38.0 Å². The monoisotopic (exact) mass is 236 g/mol. The van der Waals surface area contributed by atoms with Crippen molar-refractivity contribution in [1.82, 2.24) is 15.2 Å². The van der Waals surface area contributed by atoms with Gasteiger partial charge in [0, 0.05) is 44.5 Å². The lowest BCUT2D eigenvalue weighted by Gasteiger charge is -2.41. The Labute approximate surface area is 104 Å². The predicted molar refractivity (Wildman–Crippen MR) is 72.4 cm³/mol. The Balaban J connectivity index is 1.76. The molecule has 96 valence electrons. The lowest BCUT2D eigenvalue weighted by molar-refractivity contribution is 0.0987. The highest BCUT2D eigenvalue weighted by Crippen LogP contribution is 2.19. The van der Waals surface area contributed by atoms with Gasteiger partial charge in [-0.3, -0.25) is 4.90 Å². The number of piperazine rings is 1. The number of rotatable bonds is 5. The fraction of sp³-hybridized carbons (Fsp3) is 0.692. The van der Waals surface area contributed by atoms with Crippen LogP contribution in [0.4, 0.5) is 5.82 Å². The van der Waals surface area contributed by atoms with Gasteiger partial charge in [-0.2, -0.15) is 0 Å². The molecule has 0 spiro atoms. The molecule has 0 atom stereocenters. The lowest BCUT2D eigenvalue weighted by Crippen LogP contribution is -2.53. The molecule has 0 radical (unpaired) electrons. The van der Waals surface area contributed by atoms with Crippen LogP contribution >= 0.6 is 0 Å². The molecule has 2 rings (SSSR count). The van der Waals surface area contributed by atoms with E-state index in [1.54, 1.807) is 0 Å². The van der Waals surface area contributed by atoms with Crippen LogP contribution in [0.2, 0.25) is 0 Å². The minimum atomic E-state index is 0.279. The molecule has 17 heavy (non-hydrogen) atoms. The second-order valence-electron chi connectivity index (χ2n) is 5.31. The molecule has 0 aromatic carbocycles. The Bertz CT molecular complexity index is 312. The summed E-state index contributed by atoms with van der Waals surface area (Å²) in [5, 5.41) is 6.82. The molecule has 2 heterocycles. The first-order valence-electron chi connectivity index (χ1n) is 6.51. The Hall–Kier alpha value is -1.00. The van der Waals surface area contributed by atoms with E-state index >= 15 is 0 Å². The second-order valence-corrected chi connectivity index (χ2v) is 5.31. The second kappa shape index (κ2) is 5.56. The Morgan fingerprint density at radius 1 is 1.35 bits per heavy atom. The zero-order chi connectivity index (χ0) is 12.1. The number of aromatic nitrogens is 1. The number of H-pyrrole nitrogens is 1. The topological polar surface area (TPSA) is 43.1 Å². The highest BCUT2D eigenvalue weighted by Gasteiger charge is 2.27. The summed E-state index contributed by atoms with van der Waals surface area (Å²) in [5.74, 6) is 1.11. The number of hydrogen-bond donors (Lipinski definition) is 3. The molecule has 4 heteroatoms. The zero-order valence-electron chi connectivity index (χ0n) is 10.9. The summed E-state index contributed by atoms with van der Waals surface area (Å²) in [4.78, 5) is 5.75. The van der Waals surface area contributed by atoms with E-state index in [0.29, 0.717) is 0 Å². The van der Waals surface area contributed by atoms with Crippen LogP contribution < -0.4 is 10.6 Å². The Morgan fingerprint density at radius 2 is 2.12 bits per heavy atom. The van der Waals surface area contributed by atoms with E-state index in [1.807, 2.05) is 12.3 Å². The summed E-state index contributed by atoms with van der Waals surface area (Å²) in [6.45, 7) is 10.3. The molecule has 0 saturated carbocycles. The van der Waals surface area contributed by atoms with Gasteiger partial charge in [-0.25, -0.2) is 0 Å². The van der Waals surface area contributed by atoms with Gasteiger partial charge in [0.1, 0.15) is 5.82 Å². The highest BCUT2D eigenvalue weighted by atomic mass is 15.2. The van der Waals surface area contributed by atoms with Gasteiger partial charge in [-0.15, -0.1) is 0 Å². The van der Waals surface area contributed by atoms with E-state index in [9.17, 15) is 0 Å². The normalized spacial score (nSPS) is 18.2. The summed E-state index contributed by atoms with van der Waals surface area (Å²) in [5.41, 5.74) is 0.279. The molecule has 4 nitrogen and oxygen atoms in total. The van der Waals surface area contributed by atoms with Crippen molar-refractivity contribution >= 4 is 5.82 Å². The van der Waals surface area contributed by atoms with Gasteiger partial charge >= 0.3 is 0 Å². The first-order chi connectivity index (χ1) is 8.18. The summed E-state index contributed by atoms with van der Waals surface area (Å²) < 4.78 is 0. The summed E-state index contributed by atoms with van der Waals surface area (Å²) in [7, 11) is 0. The molecule has 0 unspecified atom stereocenters. The molecule has 0 amide bonds. The van der Waals surface area contributed by atoms with E-state index in [-0.39, 0.29) is 5.54 Å². The average molecular weight is 236 g/mol. The minimum absolute atomic E-state index is 0.279. The number of nitrogens with one attached hydrogen (secondary N) is 3. The molecular formula is C13H24N4. The molecule has 1 aliphatic heterocycles. The molecule has 1 saturated heterocycles. The first-order valence-corrected chi connectivity index (χ1v) is 6.51. The number of nitrogens with zero attached hydrogens (tertiary/aromatic N) is 1. The zero-order valence-corrected chi connectivity index (χ0v) is 10.9. The molecule has 1 aromatic rings. The van der Waals surface area contributed by atoms with E-state index in [0.717, 1.165) is 45.0 Å². The van der Waals surface area contributed by atoms with Crippen molar-refractivity contribution in [3.8, 4) is 0 Å². The van der Waals surface area contributed by atoms with Gasteiger partial charge in [0.05, 0.1) is 0 Å². The number of anilines is 1. The summed E-state index contributed by atoms with van der Waals surface area (Å²) >= 11 is 0. The summed E-state index contributed by atoms with van der Waals surface area (Å²) in [6.07, 6.45) is 3.11. The highest BCUT2D eigenvalue weighted by molar-refractivity contribution is 5.33. The van der Waals surface area contributed by atoms with Crippen LogP contribution in [0.3, 0.4) is 0 Å². The van der Waals surface area contributed by atoms with Gasteiger partial charge in [0.25, 0.3) is 0 Å². The van der Waals surface area contributed by atoms with Crippen molar-refractivity contribution in [2.24, 2.45) is 0 Å². The van der Waals surface area contributed by atoms with Crippen LogP contribution in [-0.4, -0.2) is 48.1 Å². The lowest BCUT2D eigenvalue weighted by atomic mass is 9.97. The molecule has 1 aromatic heterocycles. The molecule has 0 bridgehead atoms. The van der Waals surface area contributed by atoms with Crippen LogP contribution in [0.15, 0.2) is 18.3 Å². The third-order valence-electron chi connectivity index (χ3n) is 3.62. The molecule has 3 N–H and O–H groups in total. The van der Waals surface area contributed by atoms with Crippen LogP contribution in [0.5, 0.6) is 0 Å². The summed E-state index contributed by atoms with van der Waals surface area (Å²) in [6, 6.07) is 4.08. The fourth-order valence-corrected chi connectivity index (χ4v) is 2.37. The number of hydrogen-bond acceptors (Lipinski definition) is 3. The van der Waals surface area contributed by atoms with Gasteiger partial charge in [0.15, 0.2) is 0 Å². The third kappa shape index (κ3) is 3.48. The largest absolute Gasteiger partial charge is 0.372 e. The van der Waals surface area contributed by atoms with Crippen molar-refractivity contribution in [1.29, 1.82) is 0 Å². The van der Waals surface area contributed by atoms with Gasteiger partial charge in [0.2, 0.25) is 0 Å².